The topological polar surface area (TPSA) is 25.2 Å². The molecule has 0 fully saturated rings. The van der Waals surface area contributed by atoms with Gasteiger partial charge in [-0.1, -0.05) is 17.7 Å². The fourth-order valence-electron chi connectivity index (χ4n) is 2.47. The van der Waals surface area contributed by atoms with E-state index >= 15 is 0 Å². The highest BCUT2D eigenvalue weighted by molar-refractivity contribution is 5.72. The summed E-state index contributed by atoms with van der Waals surface area (Å²) in [7, 11) is 1.93. The molecule has 0 saturated carbocycles. The van der Waals surface area contributed by atoms with Crippen LogP contribution in [0.15, 0.2) is 28.9 Å². The van der Waals surface area contributed by atoms with Crippen LogP contribution in [-0.4, -0.2) is 7.05 Å². The van der Waals surface area contributed by atoms with Gasteiger partial charge in [0.05, 0.1) is 12.8 Å². The zero-order valence-corrected chi connectivity index (χ0v) is 10.9. The molecule has 0 aliphatic rings. The average molecular weight is 229 g/mol. The lowest BCUT2D eigenvalue weighted by molar-refractivity contribution is 0.496. The minimum absolute atomic E-state index is 0.759. The number of nitrogens with one attached hydrogen (secondary N) is 1. The van der Waals surface area contributed by atoms with Crippen molar-refractivity contribution < 1.29 is 4.42 Å². The maximum atomic E-state index is 5.54. The number of hydrogen-bond acceptors (Lipinski definition) is 2. The molecule has 0 aliphatic carbocycles. The smallest absolute Gasteiger partial charge is 0.125 e. The molecule has 90 valence electrons. The van der Waals surface area contributed by atoms with E-state index in [1.807, 2.05) is 7.05 Å². The van der Waals surface area contributed by atoms with Gasteiger partial charge in [-0.25, -0.2) is 0 Å². The van der Waals surface area contributed by atoms with Gasteiger partial charge < -0.3 is 9.73 Å². The van der Waals surface area contributed by atoms with Crippen LogP contribution >= 0.6 is 0 Å². The Labute approximate surface area is 103 Å². The van der Waals surface area contributed by atoms with Crippen LogP contribution in [-0.2, 0) is 6.54 Å². The van der Waals surface area contributed by atoms with E-state index in [0.717, 1.165) is 12.3 Å². The van der Waals surface area contributed by atoms with Crippen molar-refractivity contribution in [1.29, 1.82) is 0 Å². The third kappa shape index (κ3) is 2.27. The van der Waals surface area contributed by atoms with Crippen molar-refractivity contribution in [3.8, 4) is 11.1 Å². The summed E-state index contributed by atoms with van der Waals surface area (Å²) in [6, 6.07) is 6.49. The fraction of sp³-hybridized carbons (Fsp3) is 0.333. The Morgan fingerprint density at radius 1 is 1.12 bits per heavy atom. The maximum absolute atomic E-state index is 5.54. The molecule has 2 heteroatoms. The van der Waals surface area contributed by atoms with Gasteiger partial charge in [0.2, 0.25) is 0 Å². The normalized spacial score (nSPS) is 10.8. The molecule has 2 rings (SSSR count). The van der Waals surface area contributed by atoms with E-state index in [0.29, 0.717) is 0 Å². The van der Waals surface area contributed by atoms with Crippen molar-refractivity contribution in [2.24, 2.45) is 0 Å². The second kappa shape index (κ2) is 4.76. The molecule has 0 amide bonds. The molecule has 0 bridgehead atoms. The molecule has 0 radical (unpaired) electrons. The van der Waals surface area contributed by atoms with Crippen molar-refractivity contribution in [2.45, 2.75) is 27.3 Å². The molecule has 0 spiro atoms. The summed E-state index contributed by atoms with van der Waals surface area (Å²) in [4.78, 5) is 0. The van der Waals surface area contributed by atoms with Crippen LogP contribution in [0.25, 0.3) is 11.1 Å². The molecular formula is C15H19NO. The number of aryl methyl sites for hydroxylation is 3. The van der Waals surface area contributed by atoms with E-state index in [-0.39, 0.29) is 0 Å². The van der Waals surface area contributed by atoms with Crippen LogP contribution in [0.4, 0.5) is 0 Å². The van der Waals surface area contributed by atoms with E-state index in [2.05, 4.69) is 44.3 Å². The van der Waals surface area contributed by atoms with Gasteiger partial charge in [-0.2, -0.15) is 0 Å². The first-order valence-electron chi connectivity index (χ1n) is 5.92. The van der Waals surface area contributed by atoms with Gasteiger partial charge in [0.1, 0.15) is 5.76 Å². The van der Waals surface area contributed by atoms with E-state index < -0.39 is 0 Å². The highest BCUT2D eigenvalue weighted by Gasteiger charge is 2.12. The summed E-state index contributed by atoms with van der Waals surface area (Å²) >= 11 is 0. The second-order valence-corrected chi connectivity index (χ2v) is 4.56. The van der Waals surface area contributed by atoms with Crippen LogP contribution in [0.2, 0.25) is 0 Å². The van der Waals surface area contributed by atoms with Gasteiger partial charge in [0.15, 0.2) is 0 Å². The SMILES string of the molecule is CNCc1occc1-c1c(C)cc(C)cc1C. The summed E-state index contributed by atoms with van der Waals surface area (Å²) in [5.74, 6) is 1.00. The molecule has 0 aliphatic heterocycles. The number of rotatable bonds is 3. The molecular weight excluding hydrogens is 210 g/mol. The van der Waals surface area contributed by atoms with Gasteiger partial charge >= 0.3 is 0 Å². The van der Waals surface area contributed by atoms with Gasteiger partial charge in [-0.15, -0.1) is 0 Å². The quantitative estimate of drug-likeness (QED) is 0.870. The largest absolute Gasteiger partial charge is 0.467 e. The predicted octanol–water partition coefficient (Wildman–Crippen LogP) is 3.59. The zero-order valence-electron chi connectivity index (χ0n) is 10.9. The number of hydrogen-bond donors (Lipinski definition) is 1. The molecule has 1 N–H and O–H groups in total. The van der Waals surface area contributed by atoms with E-state index in [4.69, 9.17) is 4.42 Å². The Morgan fingerprint density at radius 2 is 1.76 bits per heavy atom. The van der Waals surface area contributed by atoms with Crippen molar-refractivity contribution >= 4 is 0 Å². The lowest BCUT2D eigenvalue weighted by Crippen LogP contribution is -2.05. The van der Waals surface area contributed by atoms with Gasteiger partial charge in [0, 0.05) is 5.56 Å². The third-order valence-electron chi connectivity index (χ3n) is 3.03. The summed E-state index contributed by atoms with van der Waals surface area (Å²) < 4.78 is 5.54. The standard InChI is InChI=1S/C15H19NO/c1-10-7-11(2)15(12(3)8-10)13-5-6-17-14(13)9-16-4/h5-8,16H,9H2,1-4H3. The highest BCUT2D eigenvalue weighted by atomic mass is 16.3. The molecule has 2 nitrogen and oxygen atoms in total. The second-order valence-electron chi connectivity index (χ2n) is 4.56. The predicted molar refractivity (Wildman–Crippen MR) is 71.1 cm³/mol. The molecule has 1 heterocycles. The van der Waals surface area contributed by atoms with E-state index in [1.165, 1.54) is 27.8 Å². The molecule has 0 unspecified atom stereocenters. The Hall–Kier alpha value is -1.54. The lowest BCUT2D eigenvalue weighted by Gasteiger charge is -2.11. The molecule has 0 atom stereocenters. The zero-order chi connectivity index (χ0) is 12.4. The van der Waals surface area contributed by atoms with Crippen LogP contribution in [0, 0.1) is 20.8 Å². The van der Waals surface area contributed by atoms with Crippen molar-refractivity contribution in [3.05, 3.63) is 46.9 Å². The maximum Gasteiger partial charge on any atom is 0.125 e. The first-order chi connectivity index (χ1) is 8.13. The minimum Gasteiger partial charge on any atom is -0.467 e. The monoisotopic (exact) mass is 229 g/mol. The fourth-order valence-corrected chi connectivity index (χ4v) is 2.47. The van der Waals surface area contributed by atoms with Crippen molar-refractivity contribution in [1.82, 2.24) is 5.32 Å². The van der Waals surface area contributed by atoms with Crippen LogP contribution in [0.1, 0.15) is 22.5 Å². The first-order valence-corrected chi connectivity index (χ1v) is 5.92. The van der Waals surface area contributed by atoms with E-state index in [9.17, 15) is 0 Å². The summed E-state index contributed by atoms with van der Waals surface area (Å²) in [5.41, 5.74) is 6.42. The molecule has 1 aromatic heterocycles. The summed E-state index contributed by atoms with van der Waals surface area (Å²) in [6.07, 6.45) is 1.76. The Bertz CT molecular complexity index is 502. The molecule has 1 aromatic carbocycles. The molecule has 2 aromatic rings. The summed E-state index contributed by atoms with van der Waals surface area (Å²) in [6.45, 7) is 7.21. The number of furan rings is 1. The van der Waals surface area contributed by atoms with Crippen LogP contribution in [0.3, 0.4) is 0 Å². The third-order valence-corrected chi connectivity index (χ3v) is 3.03. The lowest BCUT2D eigenvalue weighted by atomic mass is 9.94. The van der Waals surface area contributed by atoms with Crippen molar-refractivity contribution in [3.63, 3.8) is 0 Å². The van der Waals surface area contributed by atoms with Crippen LogP contribution < -0.4 is 5.32 Å². The summed E-state index contributed by atoms with van der Waals surface area (Å²) in [5, 5.41) is 3.14. The Morgan fingerprint density at radius 3 is 2.35 bits per heavy atom. The Kier molecular flexibility index (Phi) is 3.34. The van der Waals surface area contributed by atoms with Crippen LogP contribution in [0.5, 0.6) is 0 Å². The molecule has 17 heavy (non-hydrogen) atoms. The first kappa shape index (κ1) is 11.9. The Balaban J connectivity index is 2.56. The van der Waals surface area contributed by atoms with Crippen molar-refractivity contribution in [2.75, 3.05) is 7.05 Å². The van der Waals surface area contributed by atoms with Gasteiger partial charge in [-0.05, 0) is 50.6 Å². The van der Waals surface area contributed by atoms with Gasteiger partial charge in [0.25, 0.3) is 0 Å². The minimum atomic E-state index is 0.759. The van der Waals surface area contributed by atoms with E-state index in [1.54, 1.807) is 6.26 Å². The highest BCUT2D eigenvalue weighted by Crippen LogP contribution is 2.31. The number of benzene rings is 1. The molecule has 0 saturated heterocycles. The van der Waals surface area contributed by atoms with Gasteiger partial charge in [-0.3, -0.25) is 0 Å². The average Bonchev–Trinajstić information content (AvgIpc) is 2.65.